The quantitative estimate of drug-likeness (QED) is 0.508. The number of amides is 1. The van der Waals surface area contributed by atoms with Gasteiger partial charge in [0.1, 0.15) is 5.75 Å². The predicted molar refractivity (Wildman–Crippen MR) is 120 cm³/mol. The van der Waals surface area contributed by atoms with Crippen LogP contribution in [0.2, 0.25) is 0 Å². The van der Waals surface area contributed by atoms with Crippen LogP contribution in [0.1, 0.15) is 29.4 Å². The van der Waals surface area contributed by atoms with Crippen LogP contribution in [0.4, 0.5) is 5.69 Å². The van der Waals surface area contributed by atoms with Gasteiger partial charge in [-0.1, -0.05) is 23.8 Å². The van der Waals surface area contributed by atoms with E-state index in [1.807, 2.05) is 76.2 Å². The van der Waals surface area contributed by atoms with E-state index in [1.165, 1.54) is 0 Å². The van der Waals surface area contributed by atoms with Crippen LogP contribution >= 0.6 is 0 Å². The largest absolute Gasteiger partial charge is 0.494 e. The fraction of sp³-hybridized carbons (Fsp3) is 0.250. The minimum atomic E-state index is -0.115. The van der Waals surface area contributed by atoms with Gasteiger partial charge in [-0.25, -0.2) is 9.50 Å². The maximum Gasteiger partial charge on any atom is 0.253 e. The van der Waals surface area contributed by atoms with Crippen LogP contribution in [-0.4, -0.2) is 32.1 Å². The third-order valence-electron chi connectivity index (χ3n) is 5.11. The first kappa shape index (κ1) is 20.5. The molecule has 0 radical (unpaired) electrons. The van der Waals surface area contributed by atoms with Gasteiger partial charge in [-0.15, -0.1) is 5.10 Å². The minimum Gasteiger partial charge on any atom is -0.494 e. The molecule has 0 aliphatic carbocycles. The smallest absolute Gasteiger partial charge is 0.253 e. The second-order valence-electron chi connectivity index (χ2n) is 7.46. The van der Waals surface area contributed by atoms with E-state index in [-0.39, 0.29) is 12.3 Å². The van der Waals surface area contributed by atoms with E-state index in [0.29, 0.717) is 18.2 Å². The predicted octanol–water partition coefficient (Wildman–Crippen LogP) is 4.30. The molecule has 1 N–H and O–H groups in total. The van der Waals surface area contributed by atoms with Crippen molar-refractivity contribution in [3.05, 3.63) is 71.0 Å². The highest BCUT2D eigenvalue weighted by molar-refractivity contribution is 5.92. The van der Waals surface area contributed by atoms with Crippen LogP contribution in [0.5, 0.6) is 5.75 Å². The second kappa shape index (κ2) is 8.55. The number of carbonyl (C=O) groups is 1. The van der Waals surface area contributed by atoms with Crippen molar-refractivity contribution < 1.29 is 9.53 Å². The fourth-order valence-electron chi connectivity index (χ4n) is 3.54. The summed E-state index contributed by atoms with van der Waals surface area (Å²) in [4.78, 5) is 21.9. The molecule has 0 atom stereocenters. The summed E-state index contributed by atoms with van der Waals surface area (Å²) in [6, 6.07) is 15.4. The molecule has 0 saturated heterocycles. The number of hydrogen-bond donors (Lipinski definition) is 1. The molecule has 1 amide bonds. The summed E-state index contributed by atoms with van der Waals surface area (Å²) in [5, 5.41) is 7.57. The van der Waals surface area contributed by atoms with Crippen molar-refractivity contribution in [1.82, 2.24) is 19.6 Å². The molecule has 7 heteroatoms. The molecule has 2 heterocycles. The van der Waals surface area contributed by atoms with Crippen LogP contribution in [0.25, 0.3) is 17.2 Å². The van der Waals surface area contributed by atoms with E-state index in [1.54, 1.807) is 4.52 Å². The highest BCUT2D eigenvalue weighted by Gasteiger charge is 2.17. The van der Waals surface area contributed by atoms with Gasteiger partial charge in [0.2, 0.25) is 5.91 Å². The molecule has 0 aliphatic heterocycles. The van der Waals surface area contributed by atoms with Crippen molar-refractivity contribution in [3.8, 4) is 17.1 Å². The Hall–Kier alpha value is -3.74. The summed E-state index contributed by atoms with van der Waals surface area (Å²) in [5.41, 5.74) is 5.28. The molecular formula is C24H25N5O2. The maximum absolute atomic E-state index is 12.7. The summed E-state index contributed by atoms with van der Waals surface area (Å²) < 4.78 is 7.15. The average Bonchev–Trinajstić information content (AvgIpc) is 3.17. The normalized spacial score (nSPS) is 11.0. The van der Waals surface area contributed by atoms with Crippen molar-refractivity contribution in [2.24, 2.45) is 0 Å². The number of aryl methyl sites for hydroxylation is 3. The Balaban J connectivity index is 1.58. The van der Waals surface area contributed by atoms with Crippen molar-refractivity contribution in [2.45, 2.75) is 34.1 Å². The average molecular weight is 415 g/mol. The number of benzene rings is 2. The number of fused-ring (bicyclic) bond motifs is 1. The third-order valence-corrected chi connectivity index (χ3v) is 5.11. The highest BCUT2D eigenvalue weighted by atomic mass is 16.5. The van der Waals surface area contributed by atoms with E-state index >= 15 is 0 Å². The molecule has 0 unspecified atom stereocenters. The van der Waals surface area contributed by atoms with Crippen LogP contribution < -0.4 is 10.1 Å². The lowest BCUT2D eigenvalue weighted by atomic mass is 10.1. The fourth-order valence-corrected chi connectivity index (χ4v) is 3.54. The summed E-state index contributed by atoms with van der Waals surface area (Å²) in [5.74, 6) is 1.81. The molecule has 158 valence electrons. The Morgan fingerprint density at radius 1 is 1.06 bits per heavy atom. The Kier molecular flexibility index (Phi) is 5.66. The van der Waals surface area contributed by atoms with Crippen molar-refractivity contribution >= 4 is 17.4 Å². The zero-order chi connectivity index (χ0) is 22.0. The Labute approximate surface area is 181 Å². The first-order chi connectivity index (χ1) is 14.9. The highest BCUT2D eigenvalue weighted by Crippen LogP contribution is 2.21. The SMILES string of the molecule is CCOc1ccc(NC(=O)Cc2c(C)nc3nc(-c4cccc(C)c4)nn3c2C)cc1. The van der Waals surface area contributed by atoms with Gasteiger partial charge in [0.25, 0.3) is 5.78 Å². The lowest BCUT2D eigenvalue weighted by Crippen LogP contribution is -2.17. The summed E-state index contributed by atoms with van der Waals surface area (Å²) in [6.45, 7) is 8.41. The molecule has 0 bridgehead atoms. The van der Waals surface area contributed by atoms with Crippen LogP contribution in [0.15, 0.2) is 48.5 Å². The van der Waals surface area contributed by atoms with Gasteiger partial charge in [-0.2, -0.15) is 4.98 Å². The second-order valence-corrected chi connectivity index (χ2v) is 7.46. The Morgan fingerprint density at radius 3 is 2.55 bits per heavy atom. The molecule has 0 aliphatic rings. The van der Waals surface area contributed by atoms with Gasteiger partial charge in [0, 0.05) is 28.2 Å². The number of rotatable bonds is 6. The maximum atomic E-state index is 12.7. The van der Waals surface area contributed by atoms with Gasteiger partial charge >= 0.3 is 0 Å². The molecule has 4 aromatic rings. The van der Waals surface area contributed by atoms with E-state index in [2.05, 4.69) is 20.4 Å². The van der Waals surface area contributed by atoms with Gasteiger partial charge in [-0.05, 0) is 58.0 Å². The number of hydrogen-bond acceptors (Lipinski definition) is 5. The molecule has 2 aromatic carbocycles. The van der Waals surface area contributed by atoms with Gasteiger partial charge < -0.3 is 10.1 Å². The van der Waals surface area contributed by atoms with Crippen LogP contribution in [0.3, 0.4) is 0 Å². The standard InChI is InChI=1S/C24H25N5O2/c1-5-31-20-11-9-19(10-12-20)26-22(30)14-21-16(3)25-24-27-23(28-29(24)17(21)4)18-8-6-7-15(2)13-18/h6-13H,5,14H2,1-4H3,(H,26,30). The molecule has 4 rings (SSSR count). The first-order valence-electron chi connectivity index (χ1n) is 10.3. The molecule has 0 saturated carbocycles. The summed E-state index contributed by atoms with van der Waals surface area (Å²) >= 11 is 0. The first-order valence-corrected chi connectivity index (χ1v) is 10.3. The minimum absolute atomic E-state index is 0.115. The lowest BCUT2D eigenvalue weighted by molar-refractivity contribution is -0.115. The topological polar surface area (TPSA) is 81.4 Å². The number of aromatic nitrogens is 4. The molecular weight excluding hydrogens is 390 g/mol. The van der Waals surface area contributed by atoms with Gasteiger partial charge in [0.05, 0.1) is 13.0 Å². The lowest BCUT2D eigenvalue weighted by Gasteiger charge is -2.11. The number of ether oxygens (including phenoxy) is 1. The number of anilines is 1. The van der Waals surface area contributed by atoms with Crippen molar-refractivity contribution in [2.75, 3.05) is 11.9 Å². The van der Waals surface area contributed by atoms with Crippen LogP contribution in [0, 0.1) is 20.8 Å². The number of nitrogens with one attached hydrogen (secondary N) is 1. The molecule has 7 nitrogen and oxygen atoms in total. The van der Waals surface area contributed by atoms with E-state index in [9.17, 15) is 4.79 Å². The van der Waals surface area contributed by atoms with Gasteiger partial charge in [0.15, 0.2) is 5.82 Å². The molecule has 0 fully saturated rings. The van der Waals surface area contributed by atoms with Crippen LogP contribution in [-0.2, 0) is 11.2 Å². The molecule has 0 spiro atoms. The monoisotopic (exact) mass is 415 g/mol. The van der Waals surface area contributed by atoms with Gasteiger partial charge in [-0.3, -0.25) is 4.79 Å². The number of nitrogens with zero attached hydrogens (tertiary/aromatic N) is 4. The van der Waals surface area contributed by atoms with E-state index < -0.39 is 0 Å². The number of carbonyl (C=O) groups excluding carboxylic acids is 1. The Morgan fingerprint density at radius 2 is 1.84 bits per heavy atom. The molecule has 31 heavy (non-hydrogen) atoms. The van der Waals surface area contributed by atoms with Crippen molar-refractivity contribution in [3.63, 3.8) is 0 Å². The summed E-state index contributed by atoms with van der Waals surface area (Å²) in [7, 11) is 0. The third kappa shape index (κ3) is 4.40. The van der Waals surface area contributed by atoms with E-state index in [4.69, 9.17) is 4.74 Å². The zero-order valence-electron chi connectivity index (χ0n) is 18.1. The zero-order valence-corrected chi connectivity index (χ0v) is 18.1. The van der Waals surface area contributed by atoms with E-state index in [0.717, 1.165) is 39.5 Å². The summed E-state index contributed by atoms with van der Waals surface area (Å²) in [6.07, 6.45) is 0.202. The molecule has 2 aromatic heterocycles. The van der Waals surface area contributed by atoms with Crippen molar-refractivity contribution in [1.29, 1.82) is 0 Å². The Bertz CT molecular complexity index is 1250.